The number of rotatable bonds is 9. The second kappa shape index (κ2) is 11.1. The van der Waals surface area contributed by atoms with Gasteiger partial charge in [0.15, 0.2) is 0 Å². The third-order valence-electron chi connectivity index (χ3n) is 5.47. The topological polar surface area (TPSA) is 69.7 Å². The molecular formula is C23H31N3O3S2. The van der Waals surface area contributed by atoms with Crippen LogP contribution in [0.4, 0.5) is 0 Å². The molecule has 0 atom stereocenters. The maximum Gasteiger partial charge on any atom is 0.243 e. The molecule has 2 aromatic carbocycles. The molecule has 0 spiro atoms. The van der Waals surface area contributed by atoms with Crippen molar-refractivity contribution in [3.8, 4) is 0 Å². The quantitative estimate of drug-likeness (QED) is 0.580. The number of benzene rings is 2. The Morgan fingerprint density at radius 3 is 2.42 bits per heavy atom. The summed E-state index contributed by atoms with van der Waals surface area (Å²) < 4.78 is 26.5. The monoisotopic (exact) mass is 461 g/mol. The van der Waals surface area contributed by atoms with Crippen molar-refractivity contribution in [2.45, 2.75) is 42.1 Å². The van der Waals surface area contributed by atoms with Gasteiger partial charge in [-0.2, -0.15) is 4.31 Å². The van der Waals surface area contributed by atoms with E-state index in [1.807, 2.05) is 18.4 Å². The number of hydrogen-bond donors (Lipinski definition) is 1. The molecule has 0 unspecified atom stereocenters. The van der Waals surface area contributed by atoms with Crippen molar-refractivity contribution >= 4 is 27.7 Å². The largest absolute Gasteiger partial charge is 0.351 e. The molecule has 0 saturated carbocycles. The zero-order chi connectivity index (χ0) is 22.3. The fraction of sp³-hybridized carbons (Fsp3) is 0.435. The van der Waals surface area contributed by atoms with E-state index in [1.54, 1.807) is 36.0 Å². The van der Waals surface area contributed by atoms with Gasteiger partial charge >= 0.3 is 0 Å². The van der Waals surface area contributed by atoms with Crippen LogP contribution >= 0.6 is 11.8 Å². The van der Waals surface area contributed by atoms with Crippen LogP contribution < -0.4 is 5.32 Å². The minimum atomic E-state index is -3.71. The molecule has 1 amide bonds. The zero-order valence-electron chi connectivity index (χ0n) is 18.2. The minimum absolute atomic E-state index is 0.186. The second-order valence-corrected chi connectivity index (χ2v) is 10.8. The molecule has 3 rings (SSSR count). The SMILES string of the molecule is CSc1ccc(S(=O)(=O)N(C)CC(=O)NCc2cccc(CN3CCCCC3)c2)cc1. The molecular weight excluding hydrogens is 430 g/mol. The average molecular weight is 462 g/mol. The predicted molar refractivity (Wildman–Crippen MR) is 125 cm³/mol. The Kier molecular flexibility index (Phi) is 8.54. The maximum absolute atomic E-state index is 12.7. The third kappa shape index (κ3) is 6.80. The summed E-state index contributed by atoms with van der Waals surface area (Å²) in [6.45, 7) is 3.37. The van der Waals surface area contributed by atoms with E-state index in [0.717, 1.165) is 34.4 Å². The molecule has 2 aromatic rings. The van der Waals surface area contributed by atoms with Crippen molar-refractivity contribution < 1.29 is 13.2 Å². The molecule has 8 heteroatoms. The van der Waals surface area contributed by atoms with Crippen LogP contribution in [0.1, 0.15) is 30.4 Å². The lowest BCUT2D eigenvalue weighted by atomic mass is 10.1. The molecule has 1 aliphatic heterocycles. The van der Waals surface area contributed by atoms with Gasteiger partial charge in [-0.05, 0) is 67.6 Å². The summed E-state index contributed by atoms with van der Waals surface area (Å²) in [6, 6.07) is 14.9. The molecule has 0 radical (unpaired) electrons. The number of likely N-dealkylation sites (tertiary alicyclic amines) is 1. The highest BCUT2D eigenvalue weighted by atomic mass is 32.2. The lowest BCUT2D eigenvalue weighted by Crippen LogP contribution is -2.38. The van der Waals surface area contributed by atoms with Gasteiger partial charge in [0.25, 0.3) is 0 Å². The molecule has 1 saturated heterocycles. The number of hydrogen-bond acceptors (Lipinski definition) is 5. The number of amides is 1. The smallest absolute Gasteiger partial charge is 0.243 e. The highest BCUT2D eigenvalue weighted by molar-refractivity contribution is 7.98. The van der Waals surface area contributed by atoms with Crippen molar-refractivity contribution in [2.75, 3.05) is 32.9 Å². The van der Waals surface area contributed by atoms with E-state index in [4.69, 9.17) is 0 Å². The highest BCUT2D eigenvalue weighted by Crippen LogP contribution is 2.20. The Morgan fingerprint density at radius 1 is 1.06 bits per heavy atom. The summed E-state index contributed by atoms with van der Waals surface area (Å²) in [6.07, 6.45) is 5.76. The van der Waals surface area contributed by atoms with Crippen LogP contribution in [0, 0.1) is 0 Å². The molecule has 6 nitrogen and oxygen atoms in total. The molecule has 1 fully saturated rings. The van der Waals surface area contributed by atoms with Crippen molar-refractivity contribution in [2.24, 2.45) is 0 Å². The van der Waals surface area contributed by atoms with Gasteiger partial charge in [0, 0.05) is 25.0 Å². The Morgan fingerprint density at radius 2 is 1.74 bits per heavy atom. The van der Waals surface area contributed by atoms with Crippen molar-refractivity contribution in [3.05, 3.63) is 59.7 Å². The van der Waals surface area contributed by atoms with Gasteiger partial charge in [0.05, 0.1) is 11.4 Å². The van der Waals surface area contributed by atoms with E-state index in [0.29, 0.717) is 6.54 Å². The fourth-order valence-electron chi connectivity index (χ4n) is 3.69. The number of nitrogens with zero attached hydrogens (tertiary/aromatic N) is 2. The third-order valence-corrected chi connectivity index (χ3v) is 8.03. The van der Waals surface area contributed by atoms with Gasteiger partial charge in [-0.25, -0.2) is 8.42 Å². The Balaban J connectivity index is 1.52. The van der Waals surface area contributed by atoms with Crippen molar-refractivity contribution in [1.29, 1.82) is 0 Å². The first-order chi connectivity index (χ1) is 14.9. The summed E-state index contributed by atoms with van der Waals surface area (Å²) in [4.78, 5) is 16.0. The van der Waals surface area contributed by atoms with E-state index in [9.17, 15) is 13.2 Å². The van der Waals surface area contributed by atoms with Crippen LogP contribution in [0.25, 0.3) is 0 Å². The number of piperidine rings is 1. The zero-order valence-corrected chi connectivity index (χ0v) is 19.8. The van der Waals surface area contributed by atoms with Crippen LogP contribution in [0.3, 0.4) is 0 Å². The minimum Gasteiger partial charge on any atom is -0.351 e. The first-order valence-electron chi connectivity index (χ1n) is 10.6. The Labute approximate surface area is 190 Å². The van der Waals surface area contributed by atoms with Crippen LogP contribution in [-0.4, -0.2) is 56.5 Å². The highest BCUT2D eigenvalue weighted by Gasteiger charge is 2.22. The van der Waals surface area contributed by atoms with Gasteiger partial charge in [0.1, 0.15) is 0 Å². The summed E-state index contributed by atoms with van der Waals surface area (Å²) in [7, 11) is -2.28. The van der Waals surface area contributed by atoms with Crippen molar-refractivity contribution in [1.82, 2.24) is 14.5 Å². The maximum atomic E-state index is 12.7. The van der Waals surface area contributed by atoms with Gasteiger partial charge in [-0.3, -0.25) is 9.69 Å². The number of thioether (sulfide) groups is 1. The van der Waals surface area contributed by atoms with Crippen LogP contribution in [-0.2, 0) is 27.9 Å². The molecule has 31 heavy (non-hydrogen) atoms. The number of likely N-dealkylation sites (N-methyl/N-ethyl adjacent to an activating group) is 1. The van der Waals surface area contributed by atoms with Gasteiger partial charge in [-0.1, -0.05) is 30.7 Å². The van der Waals surface area contributed by atoms with E-state index < -0.39 is 10.0 Å². The lowest BCUT2D eigenvalue weighted by Gasteiger charge is -2.26. The van der Waals surface area contributed by atoms with Crippen molar-refractivity contribution in [3.63, 3.8) is 0 Å². The van der Waals surface area contributed by atoms with Gasteiger partial charge < -0.3 is 5.32 Å². The molecule has 1 aliphatic rings. The van der Waals surface area contributed by atoms with Crippen LogP contribution in [0.2, 0.25) is 0 Å². The number of nitrogens with one attached hydrogen (secondary N) is 1. The normalized spacial score (nSPS) is 15.2. The van der Waals surface area contributed by atoms with E-state index >= 15 is 0 Å². The standard InChI is InChI=1S/C23H31N3O3S2/c1-25(31(28,29)22-11-9-21(30-2)10-12-22)18-23(27)24-16-19-7-6-8-20(15-19)17-26-13-4-3-5-14-26/h6-12,15H,3-5,13-14,16-18H2,1-2H3,(H,24,27). The first kappa shape index (κ1) is 23.8. The molecule has 0 aliphatic carbocycles. The number of sulfonamides is 1. The fourth-order valence-corrected chi connectivity index (χ4v) is 5.22. The van der Waals surface area contributed by atoms with Crippen LogP contribution in [0.5, 0.6) is 0 Å². The molecule has 1 heterocycles. The number of carbonyl (C=O) groups is 1. The first-order valence-corrected chi connectivity index (χ1v) is 13.2. The Hall–Kier alpha value is -1.87. The van der Waals surface area contributed by atoms with Crippen LogP contribution in [0.15, 0.2) is 58.3 Å². The molecule has 0 bridgehead atoms. The second-order valence-electron chi connectivity index (χ2n) is 7.87. The molecule has 168 valence electrons. The summed E-state index contributed by atoms with van der Waals surface area (Å²) in [5.74, 6) is -0.326. The van der Waals surface area contributed by atoms with E-state index in [2.05, 4.69) is 22.3 Å². The Bertz CT molecular complexity index is 972. The molecule has 1 N–H and O–H groups in total. The van der Waals surface area contributed by atoms with Gasteiger partial charge in [-0.15, -0.1) is 11.8 Å². The number of carbonyl (C=O) groups excluding carboxylic acids is 1. The van der Waals surface area contributed by atoms with E-state index in [1.165, 1.54) is 31.9 Å². The summed E-state index contributed by atoms with van der Waals surface area (Å²) in [5.41, 5.74) is 2.25. The van der Waals surface area contributed by atoms with E-state index in [-0.39, 0.29) is 17.3 Å². The lowest BCUT2D eigenvalue weighted by molar-refractivity contribution is -0.121. The van der Waals surface area contributed by atoms with Gasteiger partial charge in [0.2, 0.25) is 15.9 Å². The summed E-state index contributed by atoms with van der Waals surface area (Å²) in [5, 5.41) is 2.84. The predicted octanol–water partition coefficient (Wildman–Crippen LogP) is 3.33. The molecule has 0 aromatic heterocycles. The summed E-state index contributed by atoms with van der Waals surface area (Å²) >= 11 is 1.55. The average Bonchev–Trinajstić information content (AvgIpc) is 2.78.